The predicted molar refractivity (Wildman–Crippen MR) is 218 cm³/mol. The van der Waals surface area contributed by atoms with Crippen molar-refractivity contribution in [2.75, 3.05) is 4.90 Å². The van der Waals surface area contributed by atoms with Crippen LogP contribution in [0.3, 0.4) is 0 Å². The van der Waals surface area contributed by atoms with Gasteiger partial charge in [0.2, 0.25) is 0 Å². The molecule has 0 aliphatic carbocycles. The van der Waals surface area contributed by atoms with Gasteiger partial charge in [-0.15, -0.1) is 0 Å². The molecular weight excluding hydrogens is 631 g/mol. The van der Waals surface area contributed by atoms with E-state index in [1.54, 1.807) is 0 Å². The maximum absolute atomic E-state index is 9.53. The zero-order chi connectivity index (χ0) is 65.2. The van der Waals surface area contributed by atoms with E-state index in [1.165, 1.54) is 0 Å². The van der Waals surface area contributed by atoms with Gasteiger partial charge in [-0.25, -0.2) is 0 Å². The molecule has 0 aliphatic heterocycles. The van der Waals surface area contributed by atoms with Crippen molar-refractivity contribution in [2.24, 2.45) is 0 Å². The molecule has 1 heterocycles. The number of hydrogen-bond acceptors (Lipinski definition) is 2. The van der Waals surface area contributed by atoms with E-state index in [-0.39, 0.29) is 4.90 Å². The van der Waals surface area contributed by atoms with Crippen LogP contribution in [0.5, 0.6) is 0 Å². The summed E-state index contributed by atoms with van der Waals surface area (Å²) >= 11 is 0. The Bertz CT molecular complexity index is 4330. The summed E-state index contributed by atoms with van der Waals surface area (Å²) in [5.41, 5.74) is -12.6. The minimum atomic E-state index is -1.37. The van der Waals surface area contributed by atoms with Crippen LogP contribution >= 0.6 is 0 Å². The lowest BCUT2D eigenvalue weighted by Gasteiger charge is -2.26. The SMILES string of the molecule is [2H]c1c([2H])c([2H])c(-c2c([2H])c([2H])c(N(c3c([2H])c([2H])c(-c4c([2H])c([2H])c([2H])c([2H])c4[2H])c([2H])c3[2H])c3c([2H])c([2H])c(-c4c([2H])c([2H])c(-c5c([2H])c([2H])c([2H])c(-c6oc7c([2H])c([2H])c([2H])c([2H])c7c6[2H])c5[2H])c([2H])c4[2H])c([2H])c3[2H])c([2H])c2[2H])c([2H])c1[2H]. The average molecular weight is 701 g/mol. The quantitative estimate of drug-likeness (QED) is 0.157. The monoisotopic (exact) mass is 700 g/mol. The molecule has 0 saturated heterocycles. The smallest absolute Gasteiger partial charge is 0.135 e. The van der Waals surface area contributed by atoms with E-state index in [4.69, 9.17) is 29.1 Å². The lowest BCUT2D eigenvalue weighted by Crippen LogP contribution is -2.09. The van der Waals surface area contributed by atoms with Crippen LogP contribution in [0.25, 0.3) is 66.8 Å². The van der Waals surface area contributed by atoms with E-state index in [9.17, 15) is 23.3 Å². The van der Waals surface area contributed by atoms with Crippen molar-refractivity contribution in [1.82, 2.24) is 0 Å². The number of benzene rings is 8. The molecule has 8 aromatic carbocycles. The summed E-state index contributed by atoms with van der Waals surface area (Å²) in [5.74, 6) is -0.776. The number of hydrogen-bond donors (Lipinski definition) is 0. The standard InChI is InChI=1S/C50H35NO/c1-3-10-36(11-4-1)39-22-28-46(29-23-39)51(47-30-24-40(25-31-47)37-12-5-2-6-13-37)48-32-26-41(27-33-48)38-18-20-42(21-19-38)43-15-9-16-44(34-43)50-35-45-14-7-8-17-49(45)52-50/h1-35H/i1D,2D,3D,4D,5D,6D,7D,8D,9D,10D,11D,12D,13D,14D,15D,16D,17D,18D,19D,20D,21D,22D,23D,24D,25D,26D,27D,28D,29D,30D,31D,32D,33D,34D,35D. The largest absolute Gasteiger partial charge is 0.456 e. The van der Waals surface area contributed by atoms with Gasteiger partial charge in [0, 0.05) is 28.0 Å². The maximum Gasteiger partial charge on any atom is 0.135 e. The lowest BCUT2D eigenvalue weighted by atomic mass is 9.98. The molecule has 9 rings (SSSR count). The molecule has 0 fully saturated rings. The second-order valence-electron chi connectivity index (χ2n) is 10.3. The van der Waals surface area contributed by atoms with Crippen molar-refractivity contribution < 1.29 is 52.4 Å². The maximum atomic E-state index is 9.53. The molecule has 0 bridgehead atoms. The van der Waals surface area contributed by atoms with Crippen molar-refractivity contribution in [3.05, 3.63) is 211 Å². The Morgan fingerprint density at radius 3 is 1.17 bits per heavy atom. The Balaban J connectivity index is 1.35. The lowest BCUT2D eigenvalue weighted by molar-refractivity contribution is 0.631. The van der Waals surface area contributed by atoms with Crippen molar-refractivity contribution in [1.29, 1.82) is 0 Å². The Morgan fingerprint density at radius 2 is 0.673 bits per heavy atom. The van der Waals surface area contributed by atoms with E-state index in [0.29, 0.717) is 0 Å². The van der Waals surface area contributed by atoms with Gasteiger partial charge in [-0.2, -0.15) is 0 Å². The highest BCUT2D eigenvalue weighted by atomic mass is 16.3. The highest BCUT2D eigenvalue weighted by Gasteiger charge is 2.14. The van der Waals surface area contributed by atoms with Gasteiger partial charge < -0.3 is 9.32 Å². The summed E-state index contributed by atoms with van der Waals surface area (Å²) in [7, 11) is 0. The second kappa shape index (κ2) is 13.8. The van der Waals surface area contributed by atoms with Crippen molar-refractivity contribution in [3.8, 4) is 55.8 Å². The van der Waals surface area contributed by atoms with Crippen LogP contribution in [0, 0.1) is 0 Å². The highest BCUT2D eigenvalue weighted by Crippen LogP contribution is 2.38. The molecule has 2 nitrogen and oxygen atoms in total. The molecule has 9 aromatic rings. The Labute approximate surface area is 353 Å². The molecule has 52 heavy (non-hydrogen) atoms. The second-order valence-corrected chi connectivity index (χ2v) is 10.3. The average Bonchev–Trinajstić information content (AvgIpc) is 1.63. The number of anilines is 3. The summed E-state index contributed by atoms with van der Waals surface area (Å²) < 4.78 is 315. The third kappa shape index (κ3) is 6.30. The van der Waals surface area contributed by atoms with Crippen LogP contribution in [-0.2, 0) is 0 Å². The third-order valence-electron chi connectivity index (χ3n) is 7.08. The van der Waals surface area contributed by atoms with E-state index in [1.807, 2.05) is 0 Å². The molecule has 0 saturated carbocycles. The summed E-state index contributed by atoms with van der Waals surface area (Å²) in [5, 5.41) is -0.499. The minimum Gasteiger partial charge on any atom is -0.456 e. The first kappa shape index (κ1) is 11.3. The van der Waals surface area contributed by atoms with Crippen LogP contribution in [0.4, 0.5) is 17.1 Å². The summed E-state index contributed by atoms with van der Waals surface area (Å²) in [6, 6.07) is -38.0. The van der Waals surface area contributed by atoms with E-state index >= 15 is 0 Å². The first-order chi connectivity index (χ1) is 40.4. The van der Waals surface area contributed by atoms with Crippen LogP contribution in [0.2, 0.25) is 0 Å². The number of fused-ring (bicyclic) bond motifs is 1. The Morgan fingerprint density at radius 1 is 0.308 bits per heavy atom. The summed E-state index contributed by atoms with van der Waals surface area (Å²) in [6.07, 6.45) is 0. The molecule has 2 heteroatoms. The number of furan rings is 1. The van der Waals surface area contributed by atoms with Crippen LogP contribution in [0.1, 0.15) is 48.0 Å². The number of para-hydroxylation sites is 1. The molecule has 246 valence electrons. The summed E-state index contributed by atoms with van der Waals surface area (Å²) in [6.45, 7) is 0. The number of nitrogens with zero attached hydrogens (tertiary/aromatic N) is 1. The topological polar surface area (TPSA) is 16.4 Å². The fraction of sp³-hybridized carbons (Fsp3) is 0. The third-order valence-corrected chi connectivity index (χ3v) is 7.08. The van der Waals surface area contributed by atoms with Crippen molar-refractivity contribution in [2.45, 2.75) is 0 Å². The zero-order valence-corrected chi connectivity index (χ0v) is 25.9. The molecule has 1 aromatic heterocycles. The fourth-order valence-corrected chi connectivity index (χ4v) is 4.68. The van der Waals surface area contributed by atoms with Gasteiger partial charge in [0.1, 0.15) is 11.3 Å². The molecule has 0 unspecified atom stereocenters. The number of rotatable bonds is 8. The van der Waals surface area contributed by atoms with Crippen LogP contribution < -0.4 is 4.90 Å². The van der Waals surface area contributed by atoms with Crippen LogP contribution in [0.15, 0.2) is 216 Å². The molecule has 0 atom stereocenters. The fourth-order valence-electron chi connectivity index (χ4n) is 4.68. The molecule has 0 aliphatic rings. The van der Waals surface area contributed by atoms with Gasteiger partial charge in [0.05, 0.1) is 48.0 Å². The van der Waals surface area contributed by atoms with Gasteiger partial charge in [0.25, 0.3) is 0 Å². The van der Waals surface area contributed by atoms with E-state index in [0.717, 1.165) is 0 Å². The first-order valence-electron chi connectivity index (χ1n) is 32.3. The van der Waals surface area contributed by atoms with Crippen molar-refractivity contribution >= 4 is 28.0 Å². The van der Waals surface area contributed by atoms with E-state index in [2.05, 4.69) is 0 Å². The predicted octanol–water partition coefficient (Wildman–Crippen LogP) is 14.2. The molecule has 0 amide bonds. The Hall–Kier alpha value is -6.90. The van der Waals surface area contributed by atoms with Gasteiger partial charge in [-0.05, 0) is 98.9 Å². The Kier molecular flexibility index (Phi) is 2.99. The van der Waals surface area contributed by atoms with Gasteiger partial charge in [-0.3, -0.25) is 0 Å². The molecular formula is C50H35NO. The van der Waals surface area contributed by atoms with Gasteiger partial charge in [-0.1, -0.05) is 157 Å². The molecule has 0 radical (unpaired) electrons. The normalized spacial score (nSPS) is 20.5. The van der Waals surface area contributed by atoms with Gasteiger partial charge >= 0.3 is 0 Å². The zero-order valence-electron chi connectivity index (χ0n) is 60.9. The summed E-state index contributed by atoms with van der Waals surface area (Å²) in [4.78, 5) is 0.233. The minimum absolute atomic E-state index is 0.233. The van der Waals surface area contributed by atoms with Crippen molar-refractivity contribution in [3.63, 3.8) is 0 Å². The molecule has 0 spiro atoms. The van der Waals surface area contributed by atoms with E-state index < -0.39 is 295 Å². The first-order valence-corrected chi connectivity index (χ1v) is 14.8. The van der Waals surface area contributed by atoms with Gasteiger partial charge in [0.15, 0.2) is 0 Å². The molecule has 0 N–H and O–H groups in total. The van der Waals surface area contributed by atoms with Crippen LogP contribution in [-0.4, -0.2) is 0 Å². The highest BCUT2D eigenvalue weighted by molar-refractivity contribution is 5.84.